The molecule has 0 amide bonds. The van der Waals surface area contributed by atoms with E-state index < -0.39 is 15.8 Å². The van der Waals surface area contributed by atoms with Gasteiger partial charge in [-0.1, -0.05) is 37.3 Å². The maximum atomic E-state index is 15.1. The van der Waals surface area contributed by atoms with Crippen LogP contribution in [-0.4, -0.2) is 51.7 Å². The van der Waals surface area contributed by atoms with E-state index in [2.05, 4.69) is 21.5 Å². The predicted octanol–water partition coefficient (Wildman–Crippen LogP) is 7.09. The van der Waals surface area contributed by atoms with Crippen LogP contribution in [0.2, 0.25) is 0 Å². The SMILES string of the molecule is COc1cc2c(Oc3ccc(NS(=O)(=O)C=Cc4ccccc4)cc3F)ccnc2cc1OCCCN1CCCC(C)C1. The van der Waals surface area contributed by atoms with E-state index in [1.54, 1.807) is 55.8 Å². The third-order valence-electron chi connectivity index (χ3n) is 7.26. The van der Waals surface area contributed by atoms with Crippen molar-refractivity contribution in [3.63, 3.8) is 0 Å². The number of pyridine rings is 1. The number of ether oxygens (including phenoxy) is 3. The van der Waals surface area contributed by atoms with Gasteiger partial charge < -0.3 is 19.1 Å². The molecule has 1 unspecified atom stereocenters. The Labute approximate surface area is 252 Å². The monoisotopic (exact) mass is 605 g/mol. The summed E-state index contributed by atoms with van der Waals surface area (Å²) in [4.78, 5) is 6.94. The van der Waals surface area contributed by atoms with Crippen molar-refractivity contribution in [1.82, 2.24) is 9.88 Å². The van der Waals surface area contributed by atoms with E-state index in [-0.39, 0.29) is 11.4 Å². The normalized spacial score (nSPS) is 15.9. The summed E-state index contributed by atoms with van der Waals surface area (Å²) in [5.74, 6) is 1.41. The molecule has 4 aromatic rings. The molecule has 1 aromatic heterocycles. The van der Waals surface area contributed by atoms with Gasteiger partial charge in [-0.15, -0.1) is 0 Å². The van der Waals surface area contributed by atoms with Gasteiger partial charge in [-0.05, 0) is 67.6 Å². The zero-order chi connectivity index (χ0) is 30.2. The third-order valence-corrected chi connectivity index (χ3v) is 8.27. The molecule has 1 fully saturated rings. The molecule has 1 atom stereocenters. The number of hydrogen-bond donors (Lipinski definition) is 1. The lowest BCUT2D eigenvalue weighted by atomic mass is 10.0. The summed E-state index contributed by atoms with van der Waals surface area (Å²) >= 11 is 0. The maximum absolute atomic E-state index is 15.1. The van der Waals surface area contributed by atoms with Crippen LogP contribution in [0.3, 0.4) is 0 Å². The van der Waals surface area contributed by atoms with Gasteiger partial charge in [0, 0.05) is 36.8 Å². The number of halogens is 1. The van der Waals surface area contributed by atoms with Gasteiger partial charge in [0.15, 0.2) is 23.1 Å². The second-order valence-electron chi connectivity index (χ2n) is 10.7. The molecule has 0 saturated carbocycles. The Kier molecular flexibility index (Phi) is 9.79. The van der Waals surface area contributed by atoms with Gasteiger partial charge in [-0.3, -0.25) is 9.71 Å². The van der Waals surface area contributed by atoms with E-state index in [1.165, 1.54) is 31.1 Å². The Balaban J connectivity index is 1.25. The highest BCUT2D eigenvalue weighted by Crippen LogP contribution is 2.38. The molecule has 0 bridgehead atoms. The van der Waals surface area contributed by atoms with Crippen LogP contribution in [0.4, 0.5) is 10.1 Å². The number of aromatic nitrogens is 1. The van der Waals surface area contributed by atoms with Gasteiger partial charge in [-0.25, -0.2) is 12.8 Å². The highest BCUT2D eigenvalue weighted by atomic mass is 32.2. The zero-order valence-electron chi connectivity index (χ0n) is 24.3. The number of piperidine rings is 1. The first-order chi connectivity index (χ1) is 20.8. The second-order valence-corrected chi connectivity index (χ2v) is 12.3. The molecule has 5 rings (SSSR count). The van der Waals surface area contributed by atoms with E-state index in [1.807, 2.05) is 6.07 Å². The van der Waals surface area contributed by atoms with E-state index in [4.69, 9.17) is 14.2 Å². The van der Waals surface area contributed by atoms with Crippen molar-refractivity contribution in [2.24, 2.45) is 5.92 Å². The van der Waals surface area contributed by atoms with Crippen molar-refractivity contribution in [3.05, 3.63) is 89.7 Å². The minimum Gasteiger partial charge on any atom is -0.493 e. The van der Waals surface area contributed by atoms with Crippen LogP contribution in [0.1, 0.15) is 31.7 Å². The Hall–Kier alpha value is -4.15. The van der Waals surface area contributed by atoms with Crippen molar-refractivity contribution in [2.75, 3.05) is 38.1 Å². The van der Waals surface area contributed by atoms with Crippen molar-refractivity contribution in [3.8, 4) is 23.0 Å². The highest BCUT2D eigenvalue weighted by molar-refractivity contribution is 7.95. The summed E-state index contributed by atoms with van der Waals surface area (Å²) in [6.07, 6.45) is 6.48. The topological polar surface area (TPSA) is 90.0 Å². The van der Waals surface area contributed by atoms with E-state index in [0.717, 1.165) is 49.0 Å². The fourth-order valence-corrected chi connectivity index (χ4v) is 6.01. The first-order valence-corrected chi connectivity index (χ1v) is 15.9. The third kappa shape index (κ3) is 8.24. The molecule has 1 aliphatic rings. The minimum absolute atomic E-state index is 0.0680. The van der Waals surface area contributed by atoms with Crippen LogP contribution in [0.5, 0.6) is 23.0 Å². The molecule has 3 aromatic carbocycles. The molecule has 0 spiro atoms. The number of methoxy groups -OCH3 is 1. The Morgan fingerprint density at radius 1 is 1.05 bits per heavy atom. The zero-order valence-corrected chi connectivity index (χ0v) is 25.1. The van der Waals surface area contributed by atoms with Crippen LogP contribution >= 0.6 is 0 Å². The molecule has 0 radical (unpaired) electrons. The molecule has 10 heteroatoms. The highest BCUT2D eigenvalue weighted by Gasteiger charge is 2.17. The van der Waals surface area contributed by atoms with Crippen molar-refractivity contribution >= 4 is 32.7 Å². The van der Waals surface area contributed by atoms with Crippen LogP contribution in [0.25, 0.3) is 17.0 Å². The number of anilines is 1. The van der Waals surface area contributed by atoms with Crippen molar-refractivity contribution in [1.29, 1.82) is 0 Å². The summed E-state index contributed by atoms with van der Waals surface area (Å²) in [5, 5.41) is 1.65. The maximum Gasteiger partial charge on any atom is 0.255 e. The molecule has 0 aliphatic carbocycles. The number of hydrogen-bond acceptors (Lipinski definition) is 7. The Bertz CT molecular complexity index is 1680. The Morgan fingerprint density at radius 2 is 1.88 bits per heavy atom. The molecule has 2 heterocycles. The molecule has 1 saturated heterocycles. The summed E-state index contributed by atoms with van der Waals surface area (Å²) in [6, 6.07) is 18.1. The molecule has 1 N–H and O–H groups in total. The van der Waals surface area contributed by atoms with Gasteiger partial charge in [0.05, 0.1) is 30.3 Å². The first-order valence-electron chi connectivity index (χ1n) is 14.3. The van der Waals surface area contributed by atoms with Gasteiger partial charge in [0.25, 0.3) is 10.0 Å². The minimum atomic E-state index is -3.85. The smallest absolute Gasteiger partial charge is 0.255 e. The number of rotatable bonds is 12. The molecule has 1 aliphatic heterocycles. The lowest BCUT2D eigenvalue weighted by Gasteiger charge is -2.30. The van der Waals surface area contributed by atoms with Gasteiger partial charge in [0.1, 0.15) is 5.75 Å². The van der Waals surface area contributed by atoms with Crippen LogP contribution in [0.15, 0.2) is 78.3 Å². The fraction of sp³-hybridized carbons (Fsp3) is 0.303. The van der Waals surface area contributed by atoms with Crippen LogP contribution in [-0.2, 0) is 10.0 Å². The molecular weight excluding hydrogens is 569 g/mol. The number of nitrogens with one attached hydrogen (secondary N) is 1. The average molecular weight is 606 g/mol. The molecule has 226 valence electrons. The van der Waals surface area contributed by atoms with E-state index >= 15 is 4.39 Å². The number of fused-ring (bicyclic) bond motifs is 1. The van der Waals surface area contributed by atoms with Gasteiger partial charge in [0.2, 0.25) is 0 Å². The number of benzene rings is 3. The number of nitrogens with zero attached hydrogens (tertiary/aromatic N) is 2. The lowest BCUT2D eigenvalue weighted by Crippen LogP contribution is -2.35. The molecule has 43 heavy (non-hydrogen) atoms. The van der Waals surface area contributed by atoms with Crippen LogP contribution in [0, 0.1) is 11.7 Å². The largest absolute Gasteiger partial charge is 0.493 e. The van der Waals surface area contributed by atoms with Crippen molar-refractivity contribution in [2.45, 2.75) is 26.2 Å². The summed E-state index contributed by atoms with van der Waals surface area (Å²) in [7, 11) is -2.29. The number of sulfonamides is 1. The Morgan fingerprint density at radius 3 is 2.65 bits per heavy atom. The predicted molar refractivity (Wildman–Crippen MR) is 168 cm³/mol. The fourth-order valence-electron chi connectivity index (χ4n) is 5.15. The first kappa shape index (κ1) is 30.3. The quantitative estimate of drug-likeness (QED) is 0.173. The average Bonchev–Trinajstić information content (AvgIpc) is 3.00. The van der Waals surface area contributed by atoms with Crippen molar-refractivity contribution < 1.29 is 27.0 Å². The second kappa shape index (κ2) is 13.9. The standard InChI is InChI=1S/C33H36FN3O5S/c1-24-8-6-16-37(23-24)17-7-18-41-33-22-29-27(21-32(33)40-2)30(13-15-35-29)42-31-12-11-26(20-28(31)34)36-43(38,39)19-14-25-9-4-3-5-10-25/h3-5,9-15,19-22,24,36H,6-8,16-18,23H2,1-2H3. The summed E-state index contributed by atoms with van der Waals surface area (Å²) in [5.41, 5.74) is 1.40. The lowest BCUT2D eigenvalue weighted by molar-refractivity contribution is 0.169. The summed E-state index contributed by atoms with van der Waals surface area (Å²) in [6.45, 7) is 6.12. The number of likely N-dealkylation sites (tertiary alicyclic amines) is 1. The van der Waals surface area contributed by atoms with E-state index in [9.17, 15) is 8.42 Å². The molecule has 8 nitrogen and oxygen atoms in total. The van der Waals surface area contributed by atoms with Gasteiger partial charge in [-0.2, -0.15) is 0 Å². The molecular formula is C33H36FN3O5S. The van der Waals surface area contributed by atoms with Crippen LogP contribution < -0.4 is 18.9 Å². The van der Waals surface area contributed by atoms with Gasteiger partial charge >= 0.3 is 0 Å². The van der Waals surface area contributed by atoms with E-state index in [0.29, 0.717) is 34.8 Å². The summed E-state index contributed by atoms with van der Waals surface area (Å²) < 4.78 is 60.0.